The van der Waals surface area contributed by atoms with E-state index >= 15 is 0 Å². The Morgan fingerprint density at radius 1 is 1.67 bits per heavy atom. The summed E-state index contributed by atoms with van der Waals surface area (Å²) in [6.07, 6.45) is 1.99. The lowest BCUT2D eigenvalue weighted by atomic mass is 10.4. The summed E-state index contributed by atoms with van der Waals surface area (Å²) in [6, 6.07) is 1.74. The van der Waals surface area contributed by atoms with Crippen molar-refractivity contribution in [2.75, 3.05) is 11.4 Å². The third-order valence-electron chi connectivity index (χ3n) is 2.18. The molecule has 0 aromatic carbocycles. The van der Waals surface area contributed by atoms with Crippen LogP contribution in [0.15, 0.2) is 16.7 Å². The van der Waals surface area contributed by atoms with Gasteiger partial charge in [-0.2, -0.15) is 12.6 Å². The maximum atomic E-state index is 11.6. The molecule has 1 aliphatic rings. The van der Waals surface area contributed by atoms with E-state index in [0.717, 1.165) is 4.47 Å². The highest BCUT2D eigenvalue weighted by Gasteiger charge is 2.29. The van der Waals surface area contributed by atoms with Crippen molar-refractivity contribution in [3.8, 4) is 0 Å². The molecule has 3 nitrogen and oxygen atoms in total. The molecule has 6 heteroatoms. The van der Waals surface area contributed by atoms with Crippen LogP contribution in [-0.4, -0.2) is 22.7 Å². The first-order valence-corrected chi connectivity index (χ1v) is 6.06. The maximum Gasteiger partial charge on any atom is 0.229 e. The van der Waals surface area contributed by atoms with Crippen LogP contribution in [0.5, 0.6) is 0 Å². The molecule has 1 saturated heterocycles. The smallest absolute Gasteiger partial charge is 0.229 e. The van der Waals surface area contributed by atoms with Gasteiger partial charge in [-0.1, -0.05) is 11.6 Å². The van der Waals surface area contributed by atoms with E-state index in [0.29, 0.717) is 23.8 Å². The summed E-state index contributed by atoms with van der Waals surface area (Å²) < 4.78 is 0.740. The summed E-state index contributed by atoms with van der Waals surface area (Å²) in [6.45, 7) is 0.600. The molecule has 0 bridgehead atoms. The molecule has 80 valence electrons. The van der Waals surface area contributed by atoms with Gasteiger partial charge in [0.15, 0.2) is 0 Å². The minimum absolute atomic E-state index is 0.0525. The van der Waals surface area contributed by atoms with Gasteiger partial charge in [-0.3, -0.25) is 9.69 Å². The Labute approximate surface area is 106 Å². The van der Waals surface area contributed by atoms with E-state index in [9.17, 15) is 4.79 Å². The Morgan fingerprint density at radius 3 is 2.93 bits per heavy atom. The largest absolute Gasteiger partial charge is 0.296 e. The molecular weight excluding hydrogens is 300 g/mol. The van der Waals surface area contributed by atoms with Crippen molar-refractivity contribution >= 4 is 51.9 Å². The zero-order chi connectivity index (χ0) is 11.0. The molecule has 0 N–H and O–H groups in total. The quantitative estimate of drug-likeness (QED) is 0.809. The standard InChI is InChI=1S/C9H8BrClN2OS/c10-6-2-8(12-3-7(6)11)13-4-5(15)1-9(13)14/h2-3,5,15H,1,4H2. The van der Waals surface area contributed by atoms with Gasteiger partial charge in [0, 0.05) is 28.9 Å². The number of hydrogen-bond acceptors (Lipinski definition) is 3. The highest BCUT2D eigenvalue weighted by atomic mass is 79.9. The van der Waals surface area contributed by atoms with Crippen molar-refractivity contribution in [2.24, 2.45) is 0 Å². The van der Waals surface area contributed by atoms with Gasteiger partial charge in [-0.15, -0.1) is 0 Å². The van der Waals surface area contributed by atoms with Crippen LogP contribution in [0.4, 0.5) is 5.82 Å². The third-order valence-corrected chi connectivity index (χ3v) is 3.71. The summed E-state index contributed by atoms with van der Waals surface area (Å²) in [5.41, 5.74) is 0. The van der Waals surface area contributed by atoms with Gasteiger partial charge in [-0.25, -0.2) is 4.98 Å². The molecule has 0 aliphatic carbocycles. The van der Waals surface area contributed by atoms with E-state index in [1.165, 1.54) is 6.20 Å². The molecule has 1 fully saturated rings. The van der Waals surface area contributed by atoms with Crippen molar-refractivity contribution in [2.45, 2.75) is 11.7 Å². The fourth-order valence-electron chi connectivity index (χ4n) is 1.46. The van der Waals surface area contributed by atoms with Gasteiger partial charge in [0.1, 0.15) is 5.82 Å². The second-order valence-corrected chi connectivity index (χ2v) is 5.31. The molecule has 1 unspecified atom stereocenters. The van der Waals surface area contributed by atoms with Crippen molar-refractivity contribution in [1.29, 1.82) is 0 Å². The Hall–Kier alpha value is -0.260. The summed E-state index contributed by atoms with van der Waals surface area (Å²) >= 11 is 13.4. The molecule has 1 aromatic rings. The van der Waals surface area contributed by atoms with E-state index in [4.69, 9.17) is 11.6 Å². The molecule has 0 saturated carbocycles. The first-order valence-electron chi connectivity index (χ1n) is 4.37. The number of carbonyl (C=O) groups is 1. The van der Waals surface area contributed by atoms with E-state index in [1.54, 1.807) is 11.0 Å². The van der Waals surface area contributed by atoms with Gasteiger partial charge in [0.25, 0.3) is 0 Å². The highest BCUT2D eigenvalue weighted by molar-refractivity contribution is 9.10. The predicted molar refractivity (Wildman–Crippen MR) is 66.7 cm³/mol. The van der Waals surface area contributed by atoms with E-state index in [1.807, 2.05) is 0 Å². The highest BCUT2D eigenvalue weighted by Crippen LogP contribution is 2.28. The second kappa shape index (κ2) is 4.31. The van der Waals surface area contributed by atoms with E-state index in [-0.39, 0.29) is 11.2 Å². The maximum absolute atomic E-state index is 11.6. The number of rotatable bonds is 1. The van der Waals surface area contributed by atoms with Crippen LogP contribution in [0.1, 0.15) is 6.42 Å². The molecule has 2 heterocycles. The predicted octanol–water partition coefficient (Wildman–Crippen LogP) is 2.53. The monoisotopic (exact) mass is 306 g/mol. The van der Waals surface area contributed by atoms with Crippen LogP contribution in [0.2, 0.25) is 5.02 Å². The molecule has 1 aliphatic heterocycles. The fourth-order valence-corrected chi connectivity index (χ4v) is 2.19. The number of nitrogens with zero attached hydrogens (tertiary/aromatic N) is 2. The fraction of sp³-hybridized carbons (Fsp3) is 0.333. The lowest BCUT2D eigenvalue weighted by Gasteiger charge is -2.14. The van der Waals surface area contributed by atoms with E-state index in [2.05, 4.69) is 33.5 Å². The van der Waals surface area contributed by atoms with Crippen molar-refractivity contribution in [3.05, 3.63) is 21.8 Å². The van der Waals surface area contributed by atoms with Crippen LogP contribution in [0, 0.1) is 0 Å². The molecule has 0 spiro atoms. The summed E-state index contributed by atoms with van der Waals surface area (Å²) in [5.74, 6) is 0.671. The van der Waals surface area contributed by atoms with Crippen LogP contribution in [0.3, 0.4) is 0 Å². The second-order valence-electron chi connectivity index (χ2n) is 3.32. The number of carbonyl (C=O) groups excluding carboxylic acids is 1. The third kappa shape index (κ3) is 2.29. The molecule has 1 atom stereocenters. The first-order chi connectivity index (χ1) is 7.08. The molecule has 0 radical (unpaired) electrons. The van der Waals surface area contributed by atoms with Gasteiger partial charge in [-0.05, 0) is 22.0 Å². The lowest BCUT2D eigenvalue weighted by Crippen LogP contribution is -2.25. The van der Waals surface area contributed by atoms with E-state index < -0.39 is 0 Å². The topological polar surface area (TPSA) is 33.2 Å². The summed E-state index contributed by atoms with van der Waals surface area (Å²) in [4.78, 5) is 17.3. The number of anilines is 1. The van der Waals surface area contributed by atoms with Crippen molar-refractivity contribution < 1.29 is 4.79 Å². The molecule has 1 aromatic heterocycles. The average molecular weight is 308 g/mol. The Bertz CT molecular complexity index is 415. The van der Waals surface area contributed by atoms with Crippen LogP contribution >= 0.6 is 40.2 Å². The number of aromatic nitrogens is 1. The minimum Gasteiger partial charge on any atom is -0.296 e. The Morgan fingerprint density at radius 2 is 2.40 bits per heavy atom. The number of hydrogen-bond donors (Lipinski definition) is 1. The summed E-state index contributed by atoms with van der Waals surface area (Å²) in [7, 11) is 0. The lowest BCUT2D eigenvalue weighted by molar-refractivity contribution is -0.117. The van der Waals surface area contributed by atoms with Crippen LogP contribution < -0.4 is 4.90 Å². The van der Waals surface area contributed by atoms with Crippen LogP contribution in [-0.2, 0) is 4.79 Å². The molecule has 2 rings (SSSR count). The molecule has 15 heavy (non-hydrogen) atoms. The molecule has 1 amide bonds. The summed E-state index contributed by atoms with van der Waals surface area (Å²) in [5, 5.41) is 0.626. The van der Waals surface area contributed by atoms with Gasteiger partial charge >= 0.3 is 0 Å². The zero-order valence-electron chi connectivity index (χ0n) is 7.65. The van der Waals surface area contributed by atoms with Gasteiger partial charge < -0.3 is 0 Å². The number of thiol groups is 1. The number of halogens is 2. The Kier molecular flexibility index (Phi) is 3.23. The van der Waals surface area contributed by atoms with Crippen molar-refractivity contribution in [3.63, 3.8) is 0 Å². The molecular formula is C9H8BrClN2OS. The average Bonchev–Trinajstić information content (AvgIpc) is 2.50. The first kappa shape index (κ1) is 11.2. The van der Waals surface area contributed by atoms with Crippen molar-refractivity contribution in [1.82, 2.24) is 4.98 Å². The van der Waals surface area contributed by atoms with Gasteiger partial charge in [0.05, 0.1) is 5.02 Å². The number of amides is 1. The number of pyridine rings is 1. The minimum atomic E-state index is 0.0525. The SMILES string of the molecule is O=C1CC(S)CN1c1cc(Br)c(Cl)cn1. The zero-order valence-corrected chi connectivity index (χ0v) is 10.9. The van der Waals surface area contributed by atoms with Gasteiger partial charge in [0.2, 0.25) is 5.91 Å². The Balaban J connectivity index is 2.30. The normalized spacial score (nSPS) is 21.1. The van der Waals surface area contributed by atoms with Crippen LogP contribution in [0.25, 0.3) is 0 Å².